The minimum absolute atomic E-state index is 0.207. The molecule has 82 valence electrons. The van der Waals surface area contributed by atoms with Crippen LogP contribution in [0.4, 0.5) is 4.79 Å². The second-order valence-corrected chi connectivity index (χ2v) is 4.08. The Morgan fingerprint density at radius 3 is 2.64 bits per heavy atom. The number of carbonyl (C=O) groups excluding carboxylic acids is 1. The van der Waals surface area contributed by atoms with Gasteiger partial charge in [0.2, 0.25) is 0 Å². The van der Waals surface area contributed by atoms with E-state index in [1.54, 1.807) is 0 Å². The summed E-state index contributed by atoms with van der Waals surface area (Å²) in [5, 5.41) is 3.25. The molecule has 0 spiro atoms. The summed E-state index contributed by atoms with van der Waals surface area (Å²) in [5.41, 5.74) is 0. The Balaban J connectivity index is 2.72. The van der Waals surface area contributed by atoms with Gasteiger partial charge in [0.15, 0.2) is 0 Å². The van der Waals surface area contributed by atoms with Crippen LogP contribution in [0.2, 0.25) is 0 Å². The number of likely N-dealkylation sites (N-methyl/N-ethyl adjacent to an activating group) is 1. The molecule has 0 saturated carbocycles. The molecule has 0 aromatic heterocycles. The Morgan fingerprint density at radius 2 is 2.21 bits per heavy atom. The first-order valence-electron chi connectivity index (χ1n) is 5.13. The molecular formula is C10H20N2O2. The molecule has 1 heterocycles. The highest BCUT2D eigenvalue weighted by molar-refractivity contribution is 5.68. The molecular weight excluding hydrogens is 180 g/mol. The second kappa shape index (κ2) is 4.64. The van der Waals surface area contributed by atoms with Gasteiger partial charge in [0.25, 0.3) is 0 Å². The summed E-state index contributed by atoms with van der Waals surface area (Å²) in [7, 11) is 3.38. The van der Waals surface area contributed by atoms with Crippen molar-refractivity contribution in [3.8, 4) is 0 Å². The standard InChI is InChI=1S/C10H20N2O2/c1-7(2)9-8(11-3)5-6-12(9)10(13)14-4/h7-9,11H,5-6H2,1-4H3. The van der Waals surface area contributed by atoms with Crippen LogP contribution >= 0.6 is 0 Å². The maximum atomic E-state index is 11.5. The van der Waals surface area contributed by atoms with E-state index in [2.05, 4.69) is 19.2 Å². The molecule has 4 heteroatoms. The number of methoxy groups -OCH3 is 1. The number of rotatable bonds is 2. The highest BCUT2D eigenvalue weighted by Crippen LogP contribution is 2.24. The minimum atomic E-state index is -0.207. The molecule has 0 aliphatic carbocycles. The van der Waals surface area contributed by atoms with Crippen molar-refractivity contribution < 1.29 is 9.53 Å². The van der Waals surface area contributed by atoms with E-state index in [1.807, 2.05) is 11.9 Å². The first-order valence-corrected chi connectivity index (χ1v) is 5.13. The fourth-order valence-electron chi connectivity index (χ4n) is 2.29. The molecule has 0 aromatic carbocycles. The van der Waals surface area contributed by atoms with Crippen LogP contribution in [0.5, 0.6) is 0 Å². The van der Waals surface area contributed by atoms with Gasteiger partial charge >= 0.3 is 6.09 Å². The van der Waals surface area contributed by atoms with Gasteiger partial charge in [-0.2, -0.15) is 0 Å². The Morgan fingerprint density at radius 1 is 1.57 bits per heavy atom. The van der Waals surface area contributed by atoms with Crippen molar-refractivity contribution in [2.24, 2.45) is 5.92 Å². The van der Waals surface area contributed by atoms with Crippen LogP contribution in [0.25, 0.3) is 0 Å². The zero-order valence-electron chi connectivity index (χ0n) is 9.41. The number of likely N-dealkylation sites (tertiary alicyclic amines) is 1. The molecule has 1 rings (SSSR count). The summed E-state index contributed by atoms with van der Waals surface area (Å²) >= 11 is 0. The molecule has 0 radical (unpaired) electrons. The molecule has 0 aromatic rings. The Kier molecular flexibility index (Phi) is 3.75. The van der Waals surface area contributed by atoms with E-state index in [9.17, 15) is 4.79 Å². The van der Waals surface area contributed by atoms with E-state index in [0.717, 1.165) is 13.0 Å². The number of nitrogens with zero attached hydrogens (tertiary/aromatic N) is 1. The van der Waals surface area contributed by atoms with E-state index in [4.69, 9.17) is 4.74 Å². The van der Waals surface area contributed by atoms with Gasteiger partial charge in [0.05, 0.1) is 13.2 Å². The molecule has 0 bridgehead atoms. The van der Waals surface area contributed by atoms with Crippen LogP contribution in [-0.4, -0.2) is 43.8 Å². The van der Waals surface area contributed by atoms with Gasteiger partial charge in [0.1, 0.15) is 0 Å². The summed E-state index contributed by atoms with van der Waals surface area (Å²) in [4.78, 5) is 13.3. The number of hydrogen-bond donors (Lipinski definition) is 1. The van der Waals surface area contributed by atoms with E-state index in [-0.39, 0.29) is 12.1 Å². The fraction of sp³-hybridized carbons (Fsp3) is 0.900. The average molecular weight is 200 g/mol. The van der Waals surface area contributed by atoms with Crippen molar-refractivity contribution in [3.63, 3.8) is 0 Å². The summed E-state index contributed by atoms with van der Waals surface area (Å²) in [5.74, 6) is 0.453. The lowest BCUT2D eigenvalue weighted by molar-refractivity contribution is 0.106. The summed E-state index contributed by atoms with van der Waals surface area (Å²) < 4.78 is 4.77. The summed E-state index contributed by atoms with van der Waals surface area (Å²) in [6, 6.07) is 0.654. The number of carbonyl (C=O) groups is 1. The topological polar surface area (TPSA) is 41.6 Å². The quantitative estimate of drug-likeness (QED) is 0.725. The van der Waals surface area contributed by atoms with Gasteiger partial charge in [-0.15, -0.1) is 0 Å². The lowest BCUT2D eigenvalue weighted by Crippen LogP contribution is -2.46. The van der Waals surface area contributed by atoms with Crippen LogP contribution in [0, 0.1) is 5.92 Å². The highest BCUT2D eigenvalue weighted by Gasteiger charge is 2.38. The number of hydrogen-bond acceptors (Lipinski definition) is 3. The van der Waals surface area contributed by atoms with E-state index in [0.29, 0.717) is 12.0 Å². The van der Waals surface area contributed by atoms with Gasteiger partial charge in [0, 0.05) is 12.6 Å². The van der Waals surface area contributed by atoms with E-state index >= 15 is 0 Å². The fourth-order valence-corrected chi connectivity index (χ4v) is 2.29. The number of amides is 1. The van der Waals surface area contributed by atoms with Crippen molar-refractivity contribution in [1.82, 2.24) is 10.2 Å². The molecule has 2 atom stereocenters. The third-order valence-corrected chi connectivity index (χ3v) is 2.92. The average Bonchev–Trinajstić information content (AvgIpc) is 2.59. The lowest BCUT2D eigenvalue weighted by Gasteiger charge is -2.30. The second-order valence-electron chi connectivity index (χ2n) is 4.08. The summed E-state index contributed by atoms with van der Waals surface area (Å²) in [6.07, 6.45) is 0.801. The van der Waals surface area contributed by atoms with Crippen LogP contribution < -0.4 is 5.32 Å². The van der Waals surface area contributed by atoms with Gasteiger partial charge < -0.3 is 15.0 Å². The highest BCUT2D eigenvalue weighted by atomic mass is 16.5. The van der Waals surface area contributed by atoms with Gasteiger partial charge in [-0.25, -0.2) is 4.79 Å². The molecule has 1 saturated heterocycles. The smallest absolute Gasteiger partial charge is 0.409 e. The van der Waals surface area contributed by atoms with Gasteiger partial charge in [-0.3, -0.25) is 0 Å². The molecule has 1 amide bonds. The van der Waals surface area contributed by atoms with Crippen LogP contribution in [0.15, 0.2) is 0 Å². The molecule has 1 N–H and O–H groups in total. The molecule has 1 aliphatic heterocycles. The maximum absolute atomic E-state index is 11.5. The molecule has 1 fully saturated rings. The number of nitrogens with one attached hydrogen (secondary N) is 1. The van der Waals surface area contributed by atoms with E-state index in [1.165, 1.54) is 7.11 Å². The summed E-state index contributed by atoms with van der Waals surface area (Å²) in [6.45, 7) is 5.06. The van der Waals surface area contributed by atoms with Crippen molar-refractivity contribution in [3.05, 3.63) is 0 Å². The first kappa shape index (κ1) is 11.3. The molecule has 1 aliphatic rings. The monoisotopic (exact) mass is 200 g/mol. The maximum Gasteiger partial charge on any atom is 0.409 e. The Labute approximate surface area is 85.6 Å². The van der Waals surface area contributed by atoms with Gasteiger partial charge in [-0.1, -0.05) is 13.8 Å². The predicted molar refractivity (Wildman–Crippen MR) is 55.2 cm³/mol. The van der Waals surface area contributed by atoms with Crippen molar-refractivity contribution in [2.45, 2.75) is 32.4 Å². The van der Waals surface area contributed by atoms with Crippen LogP contribution in [0.3, 0.4) is 0 Å². The molecule has 4 nitrogen and oxygen atoms in total. The third-order valence-electron chi connectivity index (χ3n) is 2.92. The predicted octanol–water partition coefficient (Wildman–Crippen LogP) is 1.07. The van der Waals surface area contributed by atoms with Crippen LogP contribution in [0.1, 0.15) is 20.3 Å². The molecule has 2 unspecified atom stereocenters. The largest absolute Gasteiger partial charge is 0.453 e. The Hall–Kier alpha value is -0.770. The molecule has 14 heavy (non-hydrogen) atoms. The van der Waals surface area contributed by atoms with E-state index < -0.39 is 0 Å². The van der Waals surface area contributed by atoms with Crippen molar-refractivity contribution in [1.29, 1.82) is 0 Å². The van der Waals surface area contributed by atoms with Gasteiger partial charge in [-0.05, 0) is 19.4 Å². The SMILES string of the molecule is CNC1CCN(C(=O)OC)C1C(C)C. The first-order chi connectivity index (χ1) is 6.61. The van der Waals surface area contributed by atoms with Crippen molar-refractivity contribution in [2.75, 3.05) is 20.7 Å². The number of ether oxygens (including phenoxy) is 1. The Bertz CT molecular complexity index is 206. The lowest BCUT2D eigenvalue weighted by atomic mass is 9.98. The third kappa shape index (κ3) is 2.00. The van der Waals surface area contributed by atoms with Crippen LogP contribution in [-0.2, 0) is 4.74 Å². The zero-order valence-corrected chi connectivity index (χ0v) is 9.41. The minimum Gasteiger partial charge on any atom is -0.453 e. The normalized spacial score (nSPS) is 27.1. The zero-order chi connectivity index (χ0) is 10.7. The van der Waals surface area contributed by atoms with Crippen molar-refractivity contribution >= 4 is 6.09 Å².